The largest absolute Gasteiger partial charge is 0.459 e. The lowest BCUT2D eigenvalue weighted by atomic mass is 10.3. The lowest BCUT2D eigenvalue weighted by Gasteiger charge is -2.07. The summed E-state index contributed by atoms with van der Waals surface area (Å²) in [7, 11) is 0. The van der Waals surface area contributed by atoms with E-state index in [1.807, 2.05) is 0 Å². The van der Waals surface area contributed by atoms with Crippen molar-refractivity contribution >= 4 is 23.2 Å². The molecule has 0 saturated heterocycles. The first-order valence-corrected chi connectivity index (χ1v) is 4.11. The number of hydrogen-bond acceptors (Lipinski definition) is 1. The van der Waals surface area contributed by atoms with Crippen LogP contribution in [-0.2, 0) is 0 Å². The van der Waals surface area contributed by atoms with Gasteiger partial charge >= 0.3 is 0 Å². The second-order valence-corrected chi connectivity index (χ2v) is 3.08. The van der Waals surface area contributed by atoms with E-state index in [-0.39, 0.29) is 0 Å². The molecule has 0 heterocycles. The number of hydrogen-bond donors (Lipinski definition) is 0. The molecule has 4 heteroatoms. The number of halogens is 3. The first kappa shape index (κ1) is 9.62. The Balaban J connectivity index is 2.86. The number of rotatable bonds is 2. The Morgan fingerprint density at radius 1 is 1.42 bits per heavy atom. The number of benzene rings is 1. The molecule has 0 bridgehead atoms. The van der Waals surface area contributed by atoms with Crippen molar-refractivity contribution in [3.63, 3.8) is 0 Å². The molecule has 1 unspecified atom stereocenters. The number of alkyl halides is 1. The van der Waals surface area contributed by atoms with Gasteiger partial charge in [0.25, 0.3) is 0 Å². The standard InChI is InChI=1S/C8H7Cl2FO/c1-5(11)12-8-3-2-6(9)4-7(8)10/h2-5H,1H3/i11-1. The van der Waals surface area contributed by atoms with Crippen LogP contribution in [0.2, 0.25) is 10.0 Å². The summed E-state index contributed by atoms with van der Waals surface area (Å²) in [6, 6.07) is 4.62. The summed E-state index contributed by atoms with van der Waals surface area (Å²) in [4.78, 5) is 0. The summed E-state index contributed by atoms with van der Waals surface area (Å²) in [5.74, 6) is 0.302. The van der Waals surface area contributed by atoms with Gasteiger partial charge in [-0.3, -0.25) is 0 Å². The second-order valence-electron chi connectivity index (χ2n) is 2.24. The minimum Gasteiger partial charge on any atom is -0.459 e. The Bertz CT molecular complexity index is 276. The smallest absolute Gasteiger partial charge is 0.235 e. The maximum absolute atomic E-state index is 12.4. The molecule has 0 aliphatic carbocycles. The summed E-state index contributed by atoms with van der Waals surface area (Å²) in [6.45, 7) is 1.28. The predicted octanol–water partition coefficient (Wildman–Crippen LogP) is 3.69. The fraction of sp³-hybridized carbons (Fsp3) is 0.250. The Morgan fingerprint density at radius 2 is 2.08 bits per heavy atom. The maximum atomic E-state index is 12.4. The van der Waals surface area contributed by atoms with E-state index in [9.17, 15) is 4.39 Å². The van der Waals surface area contributed by atoms with Crippen molar-refractivity contribution in [1.29, 1.82) is 0 Å². The van der Waals surface area contributed by atoms with E-state index in [0.717, 1.165) is 0 Å². The van der Waals surface area contributed by atoms with Gasteiger partial charge in [-0.25, -0.2) is 4.39 Å². The third-order valence-corrected chi connectivity index (χ3v) is 1.71. The minimum atomic E-state index is -1.37. The summed E-state index contributed by atoms with van der Waals surface area (Å²) >= 11 is 11.3. The normalized spacial score (nSPS) is 12.7. The Kier molecular flexibility index (Phi) is 3.18. The van der Waals surface area contributed by atoms with Crippen molar-refractivity contribution < 1.29 is 9.13 Å². The van der Waals surface area contributed by atoms with Crippen molar-refractivity contribution in [2.75, 3.05) is 0 Å². The molecular weight excluding hydrogens is 201 g/mol. The van der Waals surface area contributed by atoms with Gasteiger partial charge in [0.2, 0.25) is 6.36 Å². The van der Waals surface area contributed by atoms with Gasteiger partial charge in [-0.05, 0) is 18.2 Å². The average Bonchev–Trinajstić information content (AvgIpc) is 1.94. The van der Waals surface area contributed by atoms with Crippen LogP contribution in [-0.4, -0.2) is 6.36 Å². The molecule has 0 aliphatic rings. The van der Waals surface area contributed by atoms with Crippen molar-refractivity contribution in [3.05, 3.63) is 28.2 Å². The summed E-state index contributed by atoms with van der Waals surface area (Å²) in [5, 5.41) is 0.811. The summed E-state index contributed by atoms with van der Waals surface area (Å²) in [6.07, 6.45) is -1.37. The Labute approximate surface area is 80.0 Å². The van der Waals surface area contributed by atoms with Crippen LogP contribution in [0.15, 0.2) is 18.2 Å². The molecule has 1 aromatic carbocycles. The van der Waals surface area contributed by atoms with Crippen LogP contribution in [0.25, 0.3) is 0 Å². The van der Waals surface area contributed by atoms with E-state index in [1.54, 1.807) is 6.07 Å². The van der Waals surface area contributed by atoms with Crippen LogP contribution in [0.1, 0.15) is 6.92 Å². The molecule has 1 nitrogen and oxygen atoms in total. The van der Waals surface area contributed by atoms with Crippen LogP contribution in [0.4, 0.5) is 4.39 Å². The summed E-state index contributed by atoms with van der Waals surface area (Å²) in [5.41, 5.74) is 0. The van der Waals surface area contributed by atoms with Crippen molar-refractivity contribution in [3.8, 4) is 5.75 Å². The maximum Gasteiger partial charge on any atom is 0.235 e. The average molecular weight is 208 g/mol. The molecule has 66 valence electrons. The van der Waals surface area contributed by atoms with Crippen LogP contribution in [0.5, 0.6) is 5.75 Å². The molecule has 0 N–H and O–H groups in total. The molecule has 0 aromatic heterocycles. The lowest BCUT2D eigenvalue weighted by molar-refractivity contribution is 0.0861. The van der Waals surface area contributed by atoms with Crippen LogP contribution < -0.4 is 4.74 Å². The monoisotopic (exact) mass is 207 g/mol. The molecule has 1 rings (SSSR count). The zero-order chi connectivity index (χ0) is 9.14. The highest BCUT2D eigenvalue weighted by atomic mass is 35.5. The number of ether oxygens (including phenoxy) is 1. The van der Waals surface area contributed by atoms with Crippen LogP contribution in [0.3, 0.4) is 0 Å². The van der Waals surface area contributed by atoms with Crippen LogP contribution in [0, 0.1) is 0 Å². The SMILES string of the molecule is CC([18F])Oc1ccc(Cl)cc1Cl. The first-order valence-electron chi connectivity index (χ1n) is 3.35. The zero-order valence-electron chi connectivity index (χ0n) is 6.35. The molecular formula is C8H7Cl2FO. The van der Waals surface area contributed by atoms with Gasteiger partial charge in [0, 0.05) is 11.9 Å². The van der Waals surface area contributed by atoms with E-state index in [4.69, 9.17) is 27.9 Å². The Hall–Kier alpha value is -0.470. The third kappa shape index (κ3) is 2.54. The van der Waals surface area contributed by atoms with Gasteiger partial charge in [-0.15, -0.1) is 0 Å². The first-order chi connectivity index (χ1) is 5.59. The van der Waals surface area contributed by atoms with Crippen molar-refractivity contribution in [1.82, 2.24) is 0 Å². The molecule has 1 atom stereocenters. The van der Waals surface area contributed by atoms with Crippen molar-refractivity contribution in [2.24, 2.45) is 0 Å². The van der Waals surface area contributed by atoms with E-state index >= 15 is 0 Å². The molecule has 0 radical (unpaired) electrons. The summed E-state index contributed by atoms with van der Waals surface area (Å²) < 4.78 is 17.1. The highest BCUT2D eigenvalue weighted by molar-refractivity contribution is 6.35. The zero-order valence-corrected chi connectivity index (χ0v) is 7.86. The molecule has 12 heavy (non-hydrogen) atoms. The topological polar surface area (TPSA) is 9.23 Å². The van der Waals surface area contributed by atoms with Gasteiger partial charge in [-0.2, -0.15) is 0 Å². The Morgan fingerprint density at radius 3 is 2.58 bits per heavy atom. The quantitative estimate of drug-likeness (QED) is 0.720. The fourth-order valence-electron chi connectivity index (χ4n) is 0.746. The predicted molar refractivity (Wildman–Crippen MR) is 47.7 cm³/mol. The molecule has 0 amide bonds. The highest BCUT2D eigenvalue weighted by Gasteiger charge is 2.05. The molecule has 1 aromatic rings. The third-order valence-electron chi connectivity index (χ3n) is 1.18. The van der Waals surface area contributed by atoms with Gasteiger partial charge in [0.15, 0.2) is 0 Å². The van der Waals surface area contributed by atoms with Crippen molar-refractivity contribution in [2.45, 2.75) is 13.3 Å². The lowest BCUT2D eigenvalue weighted by Crippen LogP contribution is -2.03. The molecule has 0 fully saturated rings. The van der Waals surface area contributed by atoms with E-state index in [2.05, 4.69) is 0 Å². The molecule has 0 saturated carbocycles. The van der Waals surface area contributed by atoms with E-state index in [0.29, 0.717) is 15.8 Å². The fourth-order valence-corrected chi connectivity index (χ4v) is 1.20. The highest BCUT2D eigenvalue weighted by Crippen LogP contribution is 2.28. The van der Waals surface area contributed by atoms with E-state index in [1.165, 1.54) is 19.1 Å². The van der Waals surface area contributed by atoms with Gasteiger partial charge < -0.3 is 4.74 Å². The van der Waals surface area contributed by atoms with Gasteiger partial charge in [-0.1, -0.05) is 23.2 Å². The minimum absolute atomic E-state index is 0.302. The van der Waals surface area contributed by atoms with Gasteiger partial charge in [0.1, 0.15) is 5.75 Å². The molecule has 0 aliphatic heterocycles. The molecule has 0 spiro atoms. The van der Waals surface area contributed by atoms with E-state index < -0.39 is 6.36 Å². The van der Waals surface area contributed by atoms with Crippen LogP contribution >= 0.6 is 23.2 Å². The second kappa shape index (κ2) is 3.97. The van der Waals surface area contributed by atoms with Gasteiger partial charge in [0.05, 0.1) is 5.02 Å².